The first-order chi connectivity index (χ1) is 22.3. The third kappa shape index (κ3) is 3.68. The summed E-state index contributed by atoms with van der Waals surface area (Å²) in [5.74, 6) is 0. The van der Waals surface area contributed by atoms with E-state index in [4.69, 9.17) is 0 Å². The number of benzene rings is 7. The van der Waals surface area contributed by atoms with Crippen molar-refractivity contribution in [3.8, 4) is 33.6 Å². The Labute approximate surface area is 271 Å². The van der Waals surface area contributed by atoms with Gasteiger partial charge in [0, 0.05) is 5.69 Å². The first-order valence-electron chi connectivity index (χ1n) is 15.3. The third-order valence-electron chi connectivity index (χ3n) is 9.27. The molecule has 0 saturated carbocycles. The van der Waals surface area contributed by atoms with Gasteiger partial charge in [-0.05, 0) is 24.3 Å². The number of para-hydroxylation sites is 3. The van der Waals surface area contributed by atoms with E-state index < -0.39 is 0 Å². The first kappa shape index (κ1) is 25.2. The molecule has 0 N–H and O–H groups in total. The molecule has 0 radical (unpaired) electrons. The molecule has 0 aliphatic carbocycles. The maximum atomic E-state index is 2.45. The summed E-state index contributed by atoms with van der Waals surface area (Å²) < 4.78 is 7.89. The number of hydrogen-bond acceptors (Lipinski definition) is 0. The third-order valence-corrected chi connectivity index (χ3v) is 12.3. The Morgan fingerprint density at radius 1 is 0.356 bits per heavy atom. The van der Waals surface area contributed by atoms with Gasteiger partial charge in [0.1, 0.15) is 0 Å². The monoisotopic (exact) mass is 685 g/mol. The number of halogens is 1. The minimum Gasteiger partial charge on any atom is -0.0602 e. The Bertz CT molecular complexity index is 2620. The summed E-state index contributed by atoms with van der Waals surface area (Å²) in [6.07, 6.45) is 0. The smallest absolute Gasteiger partial charge is 0.0602 e. The van der Waals surface area contributed by atoms with Crippen LogP contribution in [-0.4, -0.2) is 9.13 Å². The average molecular weight is 686 g/mol. The van der Waals surface area contributed by atoms with Gasteiger partial charge in [0.25, 0.3) is 0 Å². The number of aromatic nitrogens is 2. The van der Waals surface area contributed by atoms with E-state index in [1.165, 1.54) is 84.4 Å². The van der Waals surface area contributed by atoms with Crippen molar-refractivity contribution in [1.29, 1.82) is 0 Å². The van der Waals surface area contributed by atoms with Gasteiger partial charge < -0.3 is 4.57 Å². The Hall–Kier alpha value is -5.13. The van der Waals surface area contributed by atoms with Gasteiger partial charge in [-0.15, -0.1) is 0 Å². The fraction of sp³-hybridized carbons (Fsp3) is 0. The van der Waals surface area contributed by atoms with Crippen molar-refractivity contribution in [3.63, 3.8) is 0 Å². The van der Waals surface area contributed by atoms with Crippen LogP contribution in [0.15, 0.2) is 158 Å². The van der Waals surface area contributed by atoms with E-state index >= 15 is 0 Å². The molecule has 1 aliphatic heterocycles. The zero-order chi connectivity index (χ0) is 29.5. The summed E-state index contributed by atoms with van der Waals surface area (Å²) in [6, 6.07) is 58.2. The molecule has 10 rings (SSSR count). The van der Waals surface area contributed by atoms with Crippen LogP contribution in [0.1, 0.15) is 0 Å². The van der Waals surface area contributed by atoms with Crippen LogP contribution in [-0.2, 0) is 0 Å². The molecular formula is C42H26IN2-. The fourth-order valence-corrected chi connectivity index (χ4v) is 10.2. The average Bonchev–Trinajstić information content (AvgIpc) is 3.76. The molecule has 7 aromatic carbocycles. The van der Waals surface area contributed by atoms with E-state index in [2.05, 4.69) is 167 Å². The molecule has 3 heteroatoms. The van der Waals surface area contributed by atoms with E-state index in [-0.39, 0.29) is 21.2 Å². The molecule has 0 unspecified atom stereocenters. The summed E-state index contributed by atoms with van der Waals surface area (Å²) in [5.41, 5.74) is 12.6. The van der Waals surface area contributed by atoms with Crippen molar-refractivity contribution in [1.82, 2.24) is 9.13 Å². The minimum atomic E-state index is -0.122. The SMILES string of the molecule is c1ccc(-n2c3ccccc3c3c(-c4ccc5c(c4)c4ccccc4n5-c4ccc5c(c4)-c4ccccc4[I-]5)cccc32)cc1. The Morgan fingerprint density at radius 3 is 1.89 bits per heavy atom. The van der Waals surface area contributed by atoms with E-state index in [0.717, 1.165) is 0 Å². The Balaban J connectivity index is 1.21. The van der Waals surface area contributed by atoms with Crippen LogP contribution in [0, 0.1) is 7.14 Å². The van der Waals surface area contributed by atoms with Gasteiger partial charge in [0.05, 0.1) is 5.52 Å². The van der Waals surface area contributed by atoms with Gasteiger partial charge in [-0.25, -0.2) is 0 Å². The van der Waals surface area contributed by atoms with Crippen molar-refractivity contribution in [3.05, 3.63) is 165 Å². The van der Waals surface area contributed by atoms with Crippen LogP contribution in [0.5, 0.6) is 0 Å². The summed E-state index contributed by atoms with van der Waals surface area (Å²) >= 11 is -0.122. The van der Waals surface area contributed by atoms with Gasteiger partial charge in [0.15, 0.2) is 0 Å². The quantitative estimate of drug-likeness (QED) is 0.169. The van der Waals surface area contributed by atoms with Gasteiger partial charge in [0.2, 0.25) is 0 Å². The van der Waals surface area contributed by atoms with Crippen molar-refractivity contribution in [2.24, 2.45) is 0 Å². The molecule has 1 aliphatic rings. The molecule has 9 aromatic rings. The van der Waals surface area contributed by atoms with Gasteiger partial charge in [-0.3, -0.25) is 0 Å². The van der Waals surface area contributed by atoms with Crippen molar-refractivity contribution in [2.45, 2.75) is 0 Å². The molecule has 45 heavy (non-hydrogen) atoms. The Kier molecular flexibility index (Phi) is 5.43. The van der Waals surface area contributed by atoms with Crippen molar-refractivity contribution < 1.29 is 21.2 Å². The van der Waals surface area contributed by atoms with Crippen LogP contribution in [0.4, 0.5) is 0 Å². The number of fused-ring (bicyclic) bond motifs is 9. The van der Waals surface area contributed by atoms with Crippen LogP contribution in [0.3, 0.4) is 0 Å². The predicted molar refractivity (Wildman–Crippen MR) is 183 cm³/mol. The van der Waals surface area contributed by atoms with Crippen LogP contribution in [0.25, 0.3) is 77.2 Å². The number of hydrogen-bond donors (Lipinski definition) is 0. The second-order valence-electron chi connectivity index (χ2n) is 11.7. The number of rotatable bonds is 3. The van der Waals surface area contributed by atoms with Crippen molar-refractivity contribution in [2.75, 3.05) is 0 Å². The molecule has 2 aromatic heterocycles. The normalized spacial score (nSPS) is 12.5. The van der Waals surface area contributed by atoms with E-state index in [1.54, 1.807) is 0 Å². The minimum absolute atomic E-state index is 0.122. The van der Waals surface area contributed by atoms with Crippen LogP contribution >= 0.6 is 0 Å². The zero-order valence-electron chi connectivity index (χ0n) is 24.3. The molecule has 3 heterocycles. The van der Waals surface area contributed by atoms with Crippen LogP contribution < -0.4 is 21.2 Å². The summed E-state index contributed by atoms with van der Waals surface area (Å²) in [7, 11) is 0. The summed E-state index contributed by atoms with van der Waals surface area (Å²) in [6.45, 7) is 0. The van der Waals surface area contributed by atoms with Gasteiger partial charge >= 0.3 is 196 Å². The van der Waals surface area contributed by atoms with Gasteiger partial charge in [-0.1, -0.05) is 36.4 Å². The summed E-state index contributed by atoms with van der Waals surface area (Å²) in [4.78, 5) is 0. The second kappa shape index (κ2) is 9.68. The molecule has 0 spiro atoms. The predicted octanol–water partition coefficient (Wildman–Crippen LogP) is 7.66. The van der Waals surface area contributed by atoms with Crippen LogP contribution in [0.2, 0.25) is 0 Å². The Morgan fingerprint density at radius 2 is 1.00 bits per heavy atom. The van der Waals surface area contributed by atoms with Gasteiger partial charge in [-0.2, -0.15) is 0 Å². The van der Waals surface area contributed by atoms with Crippen molar-refractivity contribution >= 4 is 43.6 Å². The van der Waals surface area contributed by atoms with E-state index in [1.807, 2.05) is 0 Å². The zero-order valence-corrected chi connectivity index (χ0v) is 26.4. The number of nitrogens with zero attached hydrogens (tertiary/aromatic N) is 2. The second-order valence-corrected chi connectivity index (χ2v) is 14.6. The molecule has 0 bridgehead atoms. The molecule has 2 nitrogen and oxygen atoms in total. The molecule has 0 atom stereocenters. The first-order valence-corrected chi connectivity index (χ1v) is 17.5. The molecule has 0 fully saturated rings. The fourth-order valence-electron chi connectivity index (χ4n) is 7.35. The molecule has 212 valence electrons. The van der Waals surface area contributed by atoms with E-state index in [0.29, 0.717) is 0 Å². The topological polar surface area (TPSA) is 9.86 Å². The molecular weight excluding hydrogens is 659 g/mol. The maximum absolute atomic E-state index is 2.45. The molecule has 0 amide bonds. The van der Waals surface area contributed by atoms with E-state index in [9.17, 15) is 0 Å². The molecule has 0 saturated heterocycles. The standard InChI is InChI=1S/C42H26IN2/c1-2-11-28(12-3-1)44-39-19-9-6-15-33(39)42-30(16-10-20-41(42)44)27-21-24-40-35(25-27)32-14-5-8-18-38(32)45(40)29-22-23-37-34(26-29)31-13-4-7-17-36(31)43-37/h1-26H/q-1. The summed E-state index contributed by atoms with van der Waals surface area (Å²) in [5, 5.41) is 5.12.